The molecule has 2 aromatic heterocycles. The van der Waals surface area contributed by atoms with Crippen molar-refractivity contribution >= 4 is 23.2 Å². The second-order valence-electron chi connectivity index (χ2n) is 3.33. The molecule has 5 nitrogen and oxygen atoms in total. The van der Waals surface area contributed by atoms with Crippen LogP contribution in [0.1, 0.15) is 11.3 Å². The van der Waals surface area contributed by atoms with Crippen molar-refractivity contribution in [2.24, 2.45) is 0 Å². The Morgan fingerprint density at radius 3 is 2.88 bits per heavy atom. The SMILES string of the molecule is Cc1cc(Nc2nc(Cl)c(C#N)cc2F)n[nH]1. The minimum atomic E-state index is -0.661. The van der Waals surface area contributed by atoms with Gasteiger partial charge < -0.3 is 5.32 Å². The van der Waals surface area contributed by atoms with E-state index in [4.69, 9.17) is 16.9 Å². The smallest absolute Gasteiger partial charge is 0.169 e. The zero-order chi connectivity index (χ0) is 12.4. The van der Waals surface area contributed by atoms with Gasteiger partial charge in [-0.25, -0.2) is 9.37 Å². The van der Waals surface area contributed by atoms with E-state index in [0.717, 1.165) is 11.8 Å². The van der Waals surface area contributed by atoms with Crippen molar-refractivity contribution in [1.82, 2.24) is 15.2 Å². The molecule has 0 atom stereocenters. The highest BCUT2D eigenvalue weighted by molar-refractivity contribution is 6.30. The molecule has 0 aliphatic rings. The normalized spacial score (nSPS) is 10.0. The van der Waals surface area contributed by atoms with Crippen LogP contribution in [0.3, 0.4) is 0 Å². The minimum absolute atomic E-state index is 0.00655. The largest absolute Gasteiger partial charge is 0.321 e. The van der Waals surface area contributed by atoms with E-state index in [2.05, 4.69) is 20.5 Å². The predicted molar refractivity (Wildman–Crippen MR) is 60.5 cm³/mol. The maximum atomic E-state index is 13.5. The van der Waals surface area contributed by atoms with Crippen molar-refractivity contribution in [3.63, 3.8) is 0 Å². The molecular weight excluding hydrogens is 245 g/mol. The van der Waals surface area contributed by atoms with Gasteiger partial charge in [-0.05, 0) is 13.0 Å². The highest BCUT2D eigenvalue weighted by Crippen LogP contribution is 2.22. The van der Waals surface area contributed by atoms with Crippen LogP contribution in [-0.2, 0) is 0 Å². The van der Waals surface area contributed by atoms with Gasteiger partial charge in [0, 0.05) is 11.8 Å². The lowest BCUT2D eigenvalue weighted by Gasteiger charge is -2.04. The van der Waals surface area contributed by atoms with Gasteiger partial charge in [0.15, 0.2) is 17.5 Å². The first-order valence-corrected chi connectivity index (χ1v) is 5.03. The van der Waals surface area contributed by atoms with Gasteiger partial charge in [-0.3, -0.25) is 5.10 Å². The van der Waals surface area contributed by atoms with Crippen molar-refractivity contribution in [3.8, 4) is 6.07 Å². The molecule has 0 bridgehead atoms. The monoisotopic (exact) mass is 251 g/mol. The van der Waals surface area contributed by atoms with Crippen molar-refractivity contribution in [2.45, 2.75) is 6.92 Å². The summed E-state index contributed by atoms with van der Waals surface area (Å²) in [5.74, 6) is -0.304. The topological polar surface area (TPSA) is 77.4 Å². The van der Waals surface area contributed by atoms with E-state index in [1.165, 1.54) is 0 Å². The quantitative estimate of drug-likeness (QED) is 0.804. The Hall–Kier alpha value is -2.13. The lowest BCUT2D eigenvalue weighted by molar-refractivity contribution is 0.625. The molecule has 0 saturated carbocycles. The molecular formula is C10H7ClFN5. The summed E-state index contributed by atoms with van der Waals surface area (Å²) < 4.78 is 13.5. The fraction of sp³-hybridized carbons (Fsp3) is 0.100. The van der Waals surface area contributed by atoms with Gasteiger partial charge in [0.1, 0.15) is 11.2 Å². The van der Waals surface area contributed by atoms with E-state index in [-0.39, 0.29) is 16.5 Å². The molecule has 2 N–H and O–H groups in total. The number of aromatic amines is 1. The molecule has 7 heteroatoms. The highest BCUT2D eigenvalue weighted by Gasteiger charge is 2.11. The number of aromatic nitrogens is 3. The van der Waals surface area contributed by atoms with Crippen LogP contribution in [0.5, 0.6) is 0 Å². The average Bonchev–Trinajstić information content (AvgIpc) is 2.69. The van der Waals surface area contributed by atoms with Crippen LogP contribution < -0.4 is 5.32 Å². The number of rotatable bonds is 2. The summed E-state index contributed by atoms with van der Waals surface area (Å²) in [5, 5.41) is 17.8. The molecule has 2 rings (SSSR count). The van der Waals surface area contributed by atoms with E-state index in [1.807, 2.05) is 6.92 Å². The third kappa shape index (κ3) is 2.34. The second-order valence-corrected chi connectivity index (χ2v) is 3.69. The summed E-state index contributed by atoms with van der Waals surface area (Å²) in [5.41, 5.74) is 0.820. The zero-order valence-electron chi connectivity index (χ0n) is 8.75. The van der Waals surface area contributed by atoms with Gasteiger partial charge in [-0.1, -0.05) is 11.6 Å². The van der Waals surface area contributed by atoms with Gasteiger partial charge in [0.2, 0.25) is 0 Å². The van der Waals surface area contributed by atoms with E-state index in [0.29, 0.717) is 5.82 Å². The number of H-pyrrole nitrogens is 1. The van der Waals surface area contributed by atoms with Gasteiger partial charge in [0.05, 0.1) is 5.56 Å². The number of nitrogens with zero attached hydrogens (tertiary/aromatic N) is 3. The highest BCUT2D eigenvalue weighted by atomic mass is 35.5. The van der Waals surface area contributed by atoms with Crippen molar-refractivity contribution in [3.05, 3.63) is 34.4 Å². The molecule has 0 radical (unpaired) electrons. The molecule has 0 unspecified atom stereocenters. The number of hydrogen-bond acceptors (Lipinski definition) is 4. The Balaban J connectivity index is 2.34. The summed E-state index contributed by atoms with van der Waals surface area (Å²) in [6.45, 7) is 1.81. The minimum Gasteiger partial charge on any atom is -0.321 e. The van der Waals surface area contributed by atoms with Crippen molar-refractivity contribution in [2.75, 3.05) is 5.32 Å². The number of halogens is 2. The number of nitrogens with one attached hydrogen (secondary N) is 2. The van der Waals surface area contributed by atoms with Gasteiger partial charge >= 0.3 is 0 Å². The Kier molecular flexibility index (Phi) is 2.93. The maximum Gasteiger partial charge on any atom is 0.169 e. The first kappa shape index (κ1) is 11.4. The molecule has 0 amide bonds. The maximum absolute atomic E-state index is 13.5. The number of hydrogen-bond donors (Lipinski definition) is 2. The molecule has 0 spiro atoms. The third-order valence-corrected chi connectivity index (χ3v) is 2.29. The summed E-state index contributed by atoms with van der Waals surface area (Å²) in [6.07, 6.45) is 0. The second kappa shape index (κ2) is 4.39. The molecule has 17 heavy (non-hydrogen) atoms. The standard InChI is InChI=1S/C10H7ClFN5/c1-5-2-8(17-16-5)14-10-7(12)3-6(4-13)9(11)15-10/h2-3H,1H3,(H2,14,15,16,17). The fourth-order valence-electron chi connectivity index (χ4n) is 1.24. The lowest BCUT2D eigenvalue weighted by Crippen LogP contribution is -1.99. The number of pyridine rings is 1. The average molecular weight is 252 g/mol. The zero-order valence-corrected chi connectivity index (χ0v) is 9.51. The van der Waals surface area contributed by atoms with Crippen LogP contribution in [0, 0.1) is 24.1 Å². The van der Waals surface area contributed by atoms with Crippen LogP contribution >= 0.6 is 11.6 Å². The van der Waals surface area contributed by atoms with Crippen LogP contribution in [0.2, 0.25) is 5.15 Å². The number of anilines is 2. The Labute approximate surface area is 101 Å². The molecule has 0 aliphatic carbocycles. The predicted octanol–water partition coefficient (Wildman–Crippen LogP) is 2.52. The molecule has 0 aliphatic heterocycles. The van der Waals surface area contributed by atoms with E-state index < -0.39 is 5.82 Å². The Morgan fingerprint density at radius 2 is 2.29 bits per heavy atom. The molecule has 0 saturated heterocycles. The molecule has 86 valence electrons. The van der Waals surface area contributed by atoms with Crippen LogP contribution in [0.4, 0.5) is 16.0 Å². The van der Waals surface area contributed by atoms with Crippen LogP contribution in [0.25, 0.3) is 0 Å². The third-order valence-electron chi connectivity index (χ3n) is 2.00. The molecule has 2 aromatic rings. The van der Waals surface area contributed by atoms with Gasteiger partial charge in [0.25, 0.3) is 0 Å². The fourth-order valence-corrected chi connectivity index (χ4v) is 1.42. The first-order chi connectivity index (χ1) is 8.10. The van der Waals surface area contributed by atoms with Crippen molar-refractivity contribution < 1.29 is 4.39 Å². The van der Waals surface area contributed by atoms with E-state index in [9.17, 15) is 4.39 Å². The van der Waals surface area contributed by atoms with Crippen molar-refractivity contribution in [1.29, 1.82) is 5.26 Å². The Morgan fingerprint density at radius 1 is 1.53 bits per heavy atom. The van der Waals surface area contributed by atoms with Crippen LogP contribution in [-0.4, -0.2) is 15.2 Å². The summed E-state index contributed by atoms with van der Waals surface area (Å²) in [7, 11) is 0. The van der Waals surface area contributed by atoms with Crippen LogP contribution in [0.15, 0.2) is 12.1 Å². The van der Waals surface area contributed by atoms with Gasteiger partial charge in [-0.2, -0.15) is 10.4 Å². The summed E-state index contributed by atoms with van der Waals surface area (Å²) in [6, 6.07) is 4.46. The number of aryl methyl sites for hydroxylation is 1. The van der Waals surface area contributed by atoms with E-state index >= 15 is 0 Å². The molecule has 2 heterocycles. The van der Waals surface area contributed by atoms with Gasteiger partial charge in [-0.15, -0.1) is 0 Å². The number of nitriles is 1. The molecule has 0 fully saturated rings. The first-order valence-electron chi connectivity index (χ1n) is 4.65. The lowest BCUT2D eigenvalue weighted by atomic mass is 10.3. The summed E-state index contributed by atoms with van der Waals surface area (Å²) in [4.78, 5) is 3.75. The Bertz CT molecular complexity index is 601. The van der Waals surface area contributed by atoms with E-state index in [1.54, 1.807) is 12.1 Å². The molecule has 0 aromatic carbocycles. The summed E-state index contributed by atoms with van der Waals surface area (Å²) >= 11 is 5.70.